The van der Waals surface area contributed by atoms with Crippen LogP contribution in [0.25, 0.3) is 11.1 Å². The first-order valence-electron chi connectivity index (χ1n) is 15.0. The number of aliphatic hydroxyl groups is 1. The molecule has 0 bridgehead atoms. The summed E-state index contributed by atoms with van der Waals surface area (Å²) in [4.78, 5) is 39.7. The molecule has 3 aromatic rings. The fourth-order valence-corrected chi connectivity index (χ4v) is 5.66. The van der Waals surface area contributed by atoms with Crippen molar-refractivity contribution in [1.29, 1.82) is 0 Å². The molecule has 7 nitrogen and oxygen atoms in total. The number of carbonyl (C=O) groups is 3. The lowest BCUT2D eigenvalue weighted by Crippen LogP contribution is -2.46. The highest BCUT2D eigenvalue weighted by molar-refractivity contribution is 5.97. The van der Waals surface area contributed by atoms with Gasteiger partial charge < -0.3 is 20.5 Å². The zero-order chi connectivity index (χ0) is 30.1. The lowest BCUT2D eigenvalue weighted by atomic mass is 9.89. The number of aliphatic hydroxyl groups excluding tert-OH is 1. The van der Waals surface area contributed by atoms with Gasteiger partial charge in [0.2, 0.25) is 5.91 Å². The van der Waals surface area contributed by atoms with Crippen LogP contribution in [0.4, 0.5) is 10.5 Å². The quantitative estimate of drug-likeness (QED) is 0.184. The van der Waals surface area contributed by atoms with Crippen LogP contribution in [0, 0.1) is 11.8 Å². The Balaban J connectivity index is 1.39. The molecule has 222 valence electrons. The SMILES string of the molecule is CCCCC[C@H](CC(=O)[C@@H](NC(=O)OCC1c2ccccc2-c2ccccc21)C(C)C)C(=O)Nc1ccc(CO)cc1. The maximum absolute atomic E-state index is 13.5. The van der Waals surface area contributed by atoms with Gasteiger partial charge in [0.1, 0.15) is 6.61 Å². The topological polar surface area (TPSA) is 105 Å². The van der Waals surface area contributed by atoms with Crippen molar-refractivity contribution in [3.05, 3.63) is 89.5 Å². The Kier molecular flexibility index (Phi) is 10.9. The molecule has 1 aliphatic carbocycles. The minimum atomic E-state index is -0.772. The van der Waals surface area contributed by atoms with Gasteiger partial charge in [0.25, 0.3) is 0 Å². The molecule has 0 fully saturated rings. The van der Waals surface area contributed by atoms with E-state index in [9.17, 15) is 19.5 Å². The Morgan fingerprint density at radius 1 is 0.881 bits per heavy atom. The van der Waals surface area contributed by atoms with Crippen LogP contribution in [-0.4, -0.2) is 35.5 Å². The molecule has 42 heavy (non-hydrogen) atoms. The number of ether oxygens (including phenoxy) is 1. The van der Waals surface area contributed by atoms with Crippen molar-refractivity contribution >= 4 is 23.5 Å². The molecule has 0 aliphatic heterocycles. The van der Waals surface area contributed by atoms with E-state index in [0.29, 0.717) is 12.1 Å². The van der Waals surface area contributed by atoms with E-state index >= 15 is 0 Å². The van der Waals surface area contributed by atoms with Crippen molar-refractivity contribution in [1.82, 2.24) is 5.32 Å². The number of benzene rings is 3. The van der Waals surface area contributed by atoms with Gasteiger partial charge in [0.05, 0.1) is 12.6 Å². The lowest BCUT2D eigenvalue weighted by molar-refractivity contribution is -0.128. The number of hydrogen-bond acceptors (Lipinski definition) is 5. The minimum absolute atomic E-state index is 0.0246. The fourth-order valence-electron chi connectivity index (χ4n) is 5.66. The Labute approximate surface area is 248 Å². The summed E-state index contributed by atoms with van der Waals surface area (Å²) in [6, 6.07) is 22.5. The number of hydrogen-bond donors (Lipinski definition) is 3. The van der Waals surface area contributed by atoms with Crippen LogP contribution < -0.4 is 10.6 Å². The van der Waals surface area contributed by atoms with Gasteiger partial charge in [0, 0.05) is 23.9 Å². The van der Waals surface area contributed by atoms with E-state index in [2.05, 4.69) is 41.8 Å². The first kappa shape index (κ1) is 31.0. The van der Waals surface area contributed by atoms with Crippen LogP contribution in [0.5, 0.6) is 0 Å². The molecular weight excluding hydrogens is 528 g/mol. The van der Waals surface area contributed by atoms with Gasteiger partial charge in [0.15, 0.2) is 5.78 Å². The number of fused-ring (bicyclic) bond motifs is 3. The van der Waals surface area contributed by atoms with Crippen molar-refractivity contribution in [2.75, 3.05) is 11.9 Å². The van der Waals surface area contributed by atoms with E-state index in [-0.39, 0.29) is 43.2 Å². The molecule has 0 unspecified atom stereocenters. The van der Waals surface area contributed by atoms with Crippen LogP contribution >= 0.6 is 0 Å². The summed E-state index contributed by atoms with van der Waals surface area (Å²) < 4.78 is 5.70. The second-order valence-electron chi connectivity index (χ2n) is 11.4. The molecule has 0 saturated carbocycles. The number of anilines is 1. The molecule has 2 atom stereocenters. The fraction of sp³-hybridized carbons (Fsp3) is 0.400. The van der Waals surface area contributed by atoms with Crippen LogP contribution in [0.2, 0.25) is 0 Å². The van der Waals surface area contributed by atoms with E-state index in [1.54, 1.807) is 24.3 Å². The van der Waals surface area contributed by atoms with Crippen LogP contribution in [0.1, 0.15) is 75.5 Å². The molecule has 7 heteroatoms. The molecule has 0 radical (unpaired) electrons. The van der Waals surface area contributed by atoms with Gasteiger partial charge in [-0.25, -0.2) is 4.79 Å². The van der Waals surface area contributed by atoms with Crippen molar-refractivity contribution in [3.63, 3.8) is 0 Å². The van der Waals surface area contributed by atoms with E-state index in [1.807, 2.05) is 38.1 Å². The molecule has 1 aliphatic rings. The lowest BCUT2D eigenvalue weighted by Gasteiger charge is -2.24. The average Bonchev–Trinajstić information content (AvgIpc) is 3.32. The third-order valence-electron chi connectivity index (χ3n) is 8.01. The van der Waals surface area contributed by atoms with E-state index in [1.165, 1.54) is 0 Å². The maximum Gasteiger partial charge on any atom is 0.407 e. The summed E-state index contributed by atoms with van der Waals surface area (Å²) in [5, 5.41) is 15.0. The third-order valence-corrected chi connectivity index (χ3v) is 8.01. The Morgan fingerprint density at radius 3 is 2.07 bits per heavy atom. The first-order valence-corrected chi connectivity index (χ1v) is 15.0. The average molecular weight is 571 g/mol. The number of rotatable bonds is 14. The summed E-state index contributed by atoms with van der Waals surface area (Å²) in [5.74, 6) is -1.18. The summed E-state index contributed by atoms with van der Waals surface area (Å²) in [7, 11) is 0. The highest BCUT2D eigenvalue weighted by Crippen LogP contribution is 2.44. The van der Waals surface area contributed by atoms with Crippen LogP contribution in [0.15, 0.2) is 72.8 Å². The number of ketones is 1. The zero-order valence-electron chi connectivity index (χ0n) is 24.8. The molecule has 3 N–H and O–H groups in total. The summed E-state index contributed by atoms with van der Waals surface area (Å²) in [5.41, 5.74) is 5.90. The normalized spacial score (nSPS) is 13.6. The molecule has 0 spiro atoms. The zero-order valence-corrected chi connectivity index (χ0v) is 24.8. The monoisotopic (exact) mass is 570 g/mol. The molecule has 0 heterocycles. The predicted molar refractivity (Wildman–Crippen MR) is 165 cm³/mol. The number of carbonyl (C=O) groups excluding carboxylic acids is 3. The number of unbranched alkanes of at least 4 members (excludes halogenated alkanes) is 2. The molecular formula is C35H42N2O5. The molecule has 4 rings (SSSR count). The van der Waals surface area contributed by atoms with Gasteiger partial charge in [-0.05, 0) is 52.3 Å². The standard InChI is InChI=1S/C35H42N2O5/c1-4-5-6-11-25(34(40)36-26-18-16-24(21-38)17-19-26)20-32(39)33(23(2)3)37-35(41)42-22-31-29-14-9-7-12-27(29)28-13-8-10-15-30(28)31/h7-10,12-19,23,25,31,33,38H,4-6,11,20-22H2,1-3H3,(H,36,40)(H,37,41)/t25-,33+/m1/s1. The van der Waals surface area contributed by atoms with E-state index in [0.717, 1.165) is 47.1 Å². The van der Waals surface area contributed by atoms with Gasteiger partial charge in [-0.1, -0.05) is 101 Å². The summed E-state index contributed by atoms with van der Waals surface area (Å²) >= 11 is 0. The van der Waals surface area contributed by atoms with E-state index in [4.69, 9.17) is 4.74 Å². The van der Waals surface area contributed by atoms with Gasteiger partial charge >= 0.3 is 6.09 Å². The molecule has 2 amide bonds. The Morgan fingerprint density at radius 2 is 1.50 bits per heavy atom. The van der Waals surface area contributed by atoms with Crippen molar-refractivity contribution in [2.45, 2.75) is 71.4 Å². The van der Waals surface area contributed by atoms with Crippen molar-refractivity contribution in [2.24, 2.45) is 11.8 Å². The summed E-state index contributed by atoms with van der Waals surface area (Å²) in [6.45, 7) is 5.93. The Hall–Kier alpha value is -3.97. The van der Waals surface area contributed by atoms with E-state index < -0.39 is 18.1 Å². The van der Waals surface area contributed by atoms with Crippen LogP contribution in [0.3, 0.4) is 0 Å². The largest absolute Gasteiger partial charge is 0.449 e. The molecule has 0 aromatic heterocycles. The highest BCUT2D eigenvalue weighted by Gasteiger charge is 2.32. The minimum Gasteiger partial charge on any atom is -0.449 e. The van der Waals surface area contributed by atoms with Crippen molar-refractivity contribution in [3.8, 4) is 11.1 Å². The summed E-state index contributed by atoms with van der Waals surface area (Å²) in [6.07, 6.45) is 2.77. The van der Waals surface area contributed by atoms with Gasteiger partial charge in [-0.15, -0.1) is 0 Å². The molecule has 0 saturated heterocycles. The number of alkyl carbamates (subject to hydrolysis) is 1. The van der Waals surface area contributed by atoms with Gasteiger partial charge in [-0.2, -0.15) is 0 Å². The number of Topliss-reactive ketones (excluding diaryl/α,β-unsaturated/α-hetero) is 1. The Bertz CT molecular complexity index is 1320. The number of amides is 2. The van der Waals surface area contributed by atoms with Crippen LogP contribution in [-0.2, 0) is 20.9 Å². The maximum atomic E-state index is 13.5. The third kappa shape index (κ3) is 7.65. The molecule has 3 aromatic carbocycles. The highest BCUT2D eigenvalue weighted by atomic mass is 16.5. The first-order chi connectivity index (χ1) is 20.3. The smallest absolute Gasteiger partial charge is 0.407 e. The predicted octanol–water partition coefficient (Wildman–Crippen LogP) is 6.84. The van der Waals surface area contributed by atoms with Crippen molar-refractivity contribution < 1.29 is 24.2 Å². The second-order valence-corrected chi connectivity index (χ2v) is 11.4. The number of nitrogens with one attached hydrogen (secondary N) is 2. The van der Waals surface area contributed by atoms with Gasteiger partial charge in [-0.3, -0.25) is 9.59 Å². The second kappa shape index (κ2) is 14.8.